The van der Waals surface area contributed by atoms with E-state index in [0.717, 1.165) is 110 Å². The summed E-state index contributed by atoms with van der Waals surface area (Å²) in [6.07, 6.45) is 31.6. The van der Waals surface area contributed by atoms with Crippen molar-refractivity contribution in [1.82, 2.24) is 9.80 Å². The van der Waals surface area contributed by atoms with Crippen LogP contribution in [0.2, 0.25) is 0 Å². The monoisotopic (exact) mass is 801 g/mol. The van der Waals surface area contributed by atoms with Gasteiger partial charge in [0, 0.05) is 0 Å². The smallest absolute Gasteiger partial charge is 0.308 e. The Morgan fingerprint density at radius 3 is 1.16 bits per heavy atom. The van der Waals surface area contributed by atoms with Gasteiger partial charge >= 0.3 is 11.9 Å². The number of hydrogen-bond donors (Lipinski definition) is 0. The molecule has 8 radical (unpaired) electrons. The van der Waals surface area contributed by atoms with Gasteiger partial charge in [-0.15, -0.1) is 0 Å². The van der Waals surface area contributed by atoms with Crippen LogP contribution in [-0.4, -0.2) is 103 Å². The normalized spacial score (nSPS) is 18.1. The Bertz CT molecular complexity index is 974. The van der Waals surface area contributed by atoms with Crippen LogP contribution in [0.4, 0.5) is 0 Å². The van der Waals surface area contributed by atoms with Crippen molar-refractivity contribution >= 4 is 43.3 Å². The number of esters is 2. The Balaban J connectivity index is 2.30. The maximum absolute atomic E-state index is 14.0. The Morgan fingerprint density at radius 1 is 0.500 bits per heavy atom. The van der Waals surface area contributed by atoms with Gasteiger partial charge in [-0.05, 0) is 82.8 Å². The minimum absolute atomic E-state index is 0.0307. The number of carbonyl (C=O) groups excluding carboxylic acids is 2. The first-order valence-electron chi connectivity index (χ1n) is 24.9. The maximum Gasteiger partial charge on any atom is 0.308 e. The summed E-state index contributed by atoms with van der Waals surface area (Å²) < 4.78 is 12.5. The molecule has 1 spiro atoms. The number of hydrogen-bond acceptors (Lipinski definition) is 6. The van der Waals surface area contributed by atoms with Crippen LogP contribution in [0, 0.1) is 17.3 Å². The molecule has 2 heterocycles. The molecule has 0 saturated carbocycles. The standard InChI is InChI=1S/C48H88B4N2O4/c1-6-11-16-20-24-28-41(29-25-21-17-12-7-2)44(55)57-37-43(38-58-45(56)42(30-26-22-18-13-8-3)31-27-23-19-14-9-4)54-47(49,50)39-46(40-48(54,51)52)32-35-53(36-33-46)34-15-10-5/h41-43H,6-40H2,1-5H3. The zero-order chi connectivity index (χ0) is 42.7. The molecule has 2 aliphatic heterocycles. The average molecular weight is 800 g/mol. The first kappa shape index (κ1) is 53.3. The van der Waals surface area contributed by atoms with E-state index in [9.17, 15) is 9.59 Å². The van der Waals surface area contributed by atoms with Crippen LogP contribution in [-0.2, 0) is 19.1 Å². The van der Waals surface area contributed by atoms with Crippen molar-refractivity contribution in [2.75, 3.05) is 32.8 Å². The summed E-state index contributed by atoms with van der Waals surface area (Å²) in [4.78, 5) is 32.3. The molecule has 58 heavy (non-hydrogen) atoms. The second-order valence-electron chi connectivity index (χ2n) is 19.0. The predicted octanol–water partition coefficient (Wildman–Crippen LogP) is 11.1. The van der Waals surface area contributed by atoms with E-state index in [1.165, 1.54) is 89.9 Å². The molecule has 0 atom stereocenters. The van der Waals surface area contributed by atoms with Crippen LogP contribution in [0.25, 0.3) is 0 Å². The highest BCUT2D eigenvalue weighted by Crippen LogP contribution is 2.51. The highest BCUT2D eigenvalue weighted by Gasteiger charge is 2.53. The topological polar surface area (TPSA) is 59.1 Å². The molecule has 0 aromatic rings. The van der Waals surface area contributed by atoms with E-state index >= 15 is 0 Å². The van der Waals surface area contributed by atoms with E-state index in [1.807, 2.05) is 0 Å². The molecule has 326 valence electrons. The number of unbranched alkanes of at least 4 members (excludes halogenated alkanes) is 17. The van der Waals surface area contributed by atoms with Crippen LogP contribution in [0.1, 0.15) is 227 Å². The second kappa shape index (κ2) is 30.2. The number of piperidine rings is 2. The van der Waals surface area contributed by atoms with E-state index in [0.29, 0.717) is 12.8 Å². The Morgan fingerprint density at radius 2 is 0.828 bits per heavy atom. The molecule has 6 nitrogen and oxygen atoms in total. The third-order valence-corrected chi connectivity index (χ3v) is 13.5. The van der Waals surface area contributed by atoms with Gasteiger partial charge in [-0.25, -0.2) is 0 Å². The summed E-state index contributed by atoms with van der Waals surface area (Å²) in [6.45, 7) is 14.1. The van der Waals surface area contributed by atoms with Crippen molar-refractivity contribution in [3.8, 4) is 0 Å². The molecular weight excluding hydrogens is 712 g/mol. The lowest BCUT2D eigenvalue weighted by molar-refractivity contribution is -0.159. The fourth-order valence-corrected chi connectivity index (χ4v) is 10.0. The van der Waals surface area contributed by atoms with E-state index < -0.39 is 16.7 Å². The van der Waals surface area contributed by atoms with Gasteiger partial charge in [-0.1, -0.05) is 180 Å². The van der Waals surface area contributed by atoms with E-state index in [1.54, 1.807) is 4.90 Å². The molecule has 0 aliphatic carbocycles. The van der Waals surface area contributed by atoms with E-state index in [2.05, 4.69) is 39.5 Å². The van der Waals surface area contributed by atoms with Gasteiger partial charge in [0.2, 0.25) is 0 Å². The van der Waals surface area contributed by atoms with Gasteiger partial charge in [0.05, 0.1) is 49.3 Å². The number of ether oxygens (including phenoxy) is 2. The first-order valence-corrected chi connectivity index (χ1v) is 24.9. The fourth-order valence-electron chi connectivity index (χ4n) is 10.0. The van der Waals surface area contributed by atoms with Crippen molar-refractivity contribution in [3.63, 3.8) is 0 Å². The minimum atomic E-state index is -1.38. The molecule has 10 heteroatoms. The minimum Gasteiger partial charge on any atom is -0.464 e. The zero-order valence-corrected chi connectivity index (χ0v) is 38.8. The molecule has 2 rings (SSSR count). The highest BCUT2D eigenvalue weighted by molar-refractivity contribution is 6.44. The number of likely N-dealkylation sites (tertiary alicyclic amines) is 2. The molecule has 0 amide bonds. The summed E-state index contributed by atoms with van der Waals surface area (Å²) >= 11 is 0. The van der Waals surface area contributed by atoms with Crippen LogP contribution in [0.3, 0.4) is 0 Å². The predicted molar refractivity (Wildman–Crippen MR) is 249 cm³/mol. The van der Waals surface area contributed by atoms with Crippen molar-refractivity contribution in [1.29, 1.82) is 0 Å². The molecule has 2 fully saturated rings. The van der Waals surface area contributed by atoms with Gasteiger partial charge in [0.25, 0.3) is 0 Å². The Labute approximate surface area is 365 Å². The third kappa shape index (κ3) is 20.3. The van der Waals surface area contributed by atoms with Crippen LogP contribution >= 0.6 is 0 Å². The molecule has 0 aromatic heterocycles. The maximum atomic E-state index is 14.0. The molecule has 0 unspecified atom stereocenters. The number of nitrogens with zero attached hydrogens (tertiary/aromatic N) is 2. The third-order valence-electron chi connectivity index (χ3n) is 13.5. The van der Waals surface area contributed by atoms with Gasteiger partial charge < -0.3 is 19.3 Å². The lowest BCUT2D eigenvalue weighted by Crippen LogP contribution is -2.74. The van der Waals surface area contributed by atoms with Crippen LogP contribution in [0.15, 0.2) is 0 Å². The van der Waals surface area contributed by atoms with E-state index in [4.69, 9.17) is 40.9 Å². The summed E-state index contributed by atoms with van der Waals surface area (Å²) in [5.41, 5.74) is -0.189. The first-order chi connectivity index (χ1) is 27.9. The van der Waals surface area contributed by atoms with Gasteiger partial charge in [-0.2, -0.15) is 0 Å². The number of carbonyl (C=O) groups is 2. The van der Waals surface area contributed by atoms with Gasteiger partial charge in [-0.3, -0.25) is 9.59 Å². The SMILES string of the molecule is [B]C1([B])CC2(CCN(CCCC)CC2)CC([B])([B])N1C(COC(=O)C(CCCCCCC)CCCCCCC)COC(=O)C(CCCCCCC)CCCCCCC. The highest BCUT2D eigenvalue weighted by atomic mass is 16.5. The Hall–Kier alpha value is -0.880. The van der Waals surface area contributed by atoms with Crippen LogP contribution in [0.5, 0.6) is 0 Å². The van der Waals surface area contributed by atoms with Gasteiger partial charge in [0.1, 0.15) is 13.2 Å². The molecule has 2 aliphatic rings. The summed E-state index contributed by atoms with van der Waals surface area (Å²) in [7, 11) is 28.5. The van der Waals surface area contributed by atoms with Crippen molar-refractivity contribution in [3.05, 3.63) is 0 Å². The van der Waals surface area contributed by atoms with E-state index in [-0.39, 0.29) is 42.4 Å². The molecule has 2 saturated heterocycles. The summed E-state index contributed by atoms with van der Waals surface area (Å²) in [6, 6.07) is -0.676. The lowest BCUT2D eigenvalue weighted by atomic mass is 9.40. The second-order valence-corrected chi connectivity index (χ2v) is 19.0. The summed E-state index contributed by atoms with van der Waals surface area (Å²) in [5, 5.41) is -2.76. The average Bonchev–Trinajstić information content (AvgIpc) is 3.18. The fraction of sp³-hybridized carbons (Fsp3) is 0.958. The lowest BCUT2D eigenvalue weighted by Gasteiger charge is -2.65. The van der Waals surface area contributed by atoms with Crippen LogP contribution < -0.4 is 0 Å². The largest absolute Gasteiger partial charge is 0.464 e. The molecule has 0 bridgehead atoms. The summed E-state index contributed by atoms with van der Waals surface area (Å²) in [5.74, 6) is -0.710. The number of rotatable bonds is 34. The Kier molecular flexibility index (Phi) is 27.7. The molecular formula is C48H88B4N2O4. The molecule has 0 N–H and O–H groups in total. The van der Waals surface area contributed by atoms with Gasteiger partial charge in [0.15, 0.2) is 0 Å². The zero-order valence-electron chi connectivity index (χ0n) is 38.8. The molecule has 0 aromatic carbocycles. The quantitative estimate of drug-likeness (QED) is 0.0367. The van der Waals surface area contributed by atoms with Crippen molar-refractivity contribution < 1.29 is 19.1 Å². The van der Waals surface area contributed by atoms with Crippen molar-refractivity contribution in [2.24, 2.45) is 17.3 Å². The van der Waals surface area contributed by atoms with Crippen molar-refractivity contribution in [2.45, 2.75) is 244 Å².